The molecule has 0 spiro atoms. The van der Waals surface area contributed by atoms with E-state index in [0.717, 1.165) is 54.9 Å². The largest absolute Gasteiger partial charge is 0.492 e. The number of carbonyl (C=O) groups is 2. The Morgan fingerprint density at radius 3 is 2.18 bits per heavy atom. The van der Waals surface area contributed by atoms with E-state index >= 15 is 8.78 Å². The third-order valence-electron chi connectivity index (χ3n) is 9.52. The number of hydrogen-bond donors (Lipinski definition) is 1. The highest BCUT2D eigenvalue weighted by Crippen LogP contribution is 2.42. The second-order valence-corrected chi connectivity index (χ2v) is 15.1. The van der Waals surface area contributed by atoms with Crippen molar-refractivity contribution in [2.45, 2.75) is 56.5 Å². The first-order chi connectivity index (χ1) is 26.2. The van der Waals surface area contributed by atoms with Crippen molar-refractivity contribution in [2.24, 2.45) is 0 Å². The molecule has 0 aromatic heterocycles. The van der Waals surface area contributed by atoms with Gasteiger partial charge >= 0.3 is 5.97 Å². The van der Waals surface area contributed by atoms with E-state index in [2.05, 4.69) is 11.0 Å². The Kier molecular flexibility index (Phi) is 11.4. The molecule has 1 heterocycles. The highest BCUT2D eigenvalue weighted by atomic mass is 32.2. The molecule has 55 heavy (non-hydrogen) atoms. The van der Waals surface area contributed by atoms with Gasteiger partial charge in [0.25, 0.3) is 0 Å². The van der Waals surface area contributed by atoms with Gasteiger partial charge in [-0.15, -0.1) is 0 Å². The SMILES string of the molecule is CCOc1cc(C(=O)O)ccc1N(Cc1cc(C2CC2)cc(N2CCCC2)c1)C(=O)CN(Cc1ccccc1C#N)S(=O)(=O)c1c(F)c(F)c(F)c(F)c1F. The maximum Gasteiger partial charge on any atom is 0.335 e. The molecule has 2 fully saturated rings. The molecule has 4 aromatic rings. The van der Waals surface area contributed by atoms with Crippen molar-refractivity contribution >= 4 is 33.3 Å². The fourth-order valence-corrected chi connectivity index (χ4v) is 8.07. The number of aromatic carboxylic acids is 1. The van der Waals surface area contributed by atoms with Crippen LogP contribution in [0.25, 0.3) is 0 Å². The van der Waals surface area contributed by atoms with Crippen LogP contribution in [0, 0.1) is 40.4 Å². The Morgan fingerprint density at radius 1 is 0.909 bits per heavy atom. The zero-order valence-electron chi connectivity index (χ0n) is 29.5. The minimum absolute atomic E-state index is 0.0161. The van der Waals surface area contributed by atoms with Crippen molar-refractivity contribution in [3.05, 3.63) is 118 Å². The molecule has 288 valence electrons. The van der Waals surface area contributed by atoms with Gasteiger partial charge in [-0.2, -0.15) is 9.57 Å². The summed E-state index contributed by atoms with van der Waals surface area (Å²) in [7, 11) is -5.73. The van der Waals surface area contributed by atoms with Gasteiger partial charge in [0.05, 0.1) is 42.6 Å². The first-order valence-electron chi connectivity index (χ1n) is 17.4. The fraction of sp³-hybridized carbons (Fsp3) is 0.308. The van der Waals surface area contributed by atoms with E-state index in [0.29, 0.717) is 11.5 Å². The molecule has 0 bridgehead atoms. The lowest BCUT2D eigenvalue weighted by molar-refractivity contribution is -0.119. The monoisotopic (exact) mass is 782 g/mol. The number of amides is 1. The van der Waals surface area contributed by atoms with Crippen LogP contribution in [0.1, 0.15) is 71.1 Å². The predicted molar refractivity (Wildman–Crippen MR) is 191 cm³/mol. The van der Waals surface area contributed by atoms with E-state index in [-0.39, 0.29) is 45.6 Å². The minimum Gasteiger partial charge on any atom is -0.492 e. The summed E-state index contributed by atoms with van der Waals surface area (Å²) in [5, 5.41) is 19.4. The lowest BCUT2D eigenvalue weighted by atomic mass is 10.0. The lowest BCUT2D eigenvalue weighted by Crippen LogP contribution is -2.43. The van der Waals surface area contributed by atoms with E-state index in [1.54, 1.807) is 6.92 Å². The number of nitriles is 1. The van der Waals surface area contributed by atoms with E-state index in [1.165, 1.54) is 42.5 Å². The number of carboxylic acids is 1. The van der Waals surface area contributed by atoms with Gasteiger partial charge in [-0.1, -0.05) is 24.3 Å². The van der Waals surface area contributed by atoms with Crippen LogP contribution in [-0.2, 0) is 27.9 Å². The summed E-state index contributed by atoms with van der Waals surface area (Å²) in [6.07, 6.45) is 3.91. The summed E-state index contributed by atoms with van der Waals surface area (Å²) >= 11 is 0. The lowest BCUT2D eigenvalue weighted by Gasteiger charge is -2.30. The van der Waals surface area contributed by atoms with Crippen LogP contribution in [-0.4, -0.2) is 55.9 Å². The topological polar surface area (TPSA) is 131 Å². The number of hydrogen-bond acceptors (Lipinski definition) is 7. The summed E-state index contributed by atoms with van der Waals surface area (Å²) in [5.41, 5.74) is 2.27. The van der Waals surface area contributed by atoms with E-state index in [4.69, 9.17) is 4.74 Å². The Balaban J connectivity index is 1.49. The minimum atomic E-state index is -5.73. The first-order valence-corrected chi connectivity index (χ1v) is 18.9. The average Bonchev–Trinajstić information content (AvgIpc) is 3.88. The van der Waals surface area contributed by atoms with Gasteiger partial charge in [0, 0.05) is 25.3 Å². The molecular weight excluding hydrogens is 748 g/mol. The average molecular weight is 783 g/mol. The number of rotatable bonds is 14. The summed E-state index contributed by atoms with van der Waals surface area (Å²) in [6.45, 7) is 0.937. The summed E-state index contributed by atoms with van der Waals surface area (Å²) in [6, 6.07) is 17.0. The number of carbonyl (C=O) groups excluding carboxylic acids is 1. The third kappa shape index (κ3) is 8.13. The third-order valence-corrected chi connectivity index (χ3v) is 11.3. The number of ether oxygens (including phenoxy) is 1. The number of benzene rings is 4. The molecule has 16 heteroatoms. The van der Waals surface area contributed by atoms with Crippen molar-refractivity contribution in [1.82, 2.24) is 4.31 Å². The van der Waals surface area contributed by atoms with Crippen molar-refractivity contribution in [3.63, 3.8) is 0 Å². The van der Waals surface area contributed by atoms with Gasteiger partial charge in [0.1, 0.15) is 5.75 Å². The van der Waals surface area contributed by atoms with E-state index in [9.17, 15) is 41.5 Å². The molecule has 0 unspecified atom stereocenters. The molecule has 2 aliphatic rings. The van der Waals surface area contributed by atoms with Gasteiger partial charge in [0.2, 0.25) is 21.7 Å². The molecule has 1 aliphatic carbocycles. The summed E-state index contributed by atoms with van der Waals surface area (Å²) in [4.78, 5) is 27.7. The first kappa shape index (κ1) is 39.2. The number of carboxylic acid groups (broad SMARTS) is 1. The van der Waals surface area contributed by atoms with Crippen molar-refractivity contribution in [1.29, 1.82) is 5.26 Å². The van der Waals surface area contributed by atoms with Crippen LogP contribution >= 0.6 is 0 Å². The Hall–Kier alpha value is -5.53. The molecule has 1 aliphatic heterocycles. The molecule has 1 N–H and O–H groups in total. The number of halogens is 5. The van der Waals surface area contributed by atoms with E-state index in [1.807, 2.05) is 18.2 Å². The van der Waals surface area contributed by atoms with Crippen molar-refractivity contribution in [3.8, 4) is 11.8 Å². The molecule has 4 aromatic carbocycles. The normalized spacial score (nSPS) is 14.3. The maximum absolute atomic E-state index is 15.2. The standard InChI is InChI=1S/C39H35F5N4O6S/c1-2-54-31-18-25(39(50)51)11-12-30(31)48(20-23-15-28(24-9-10-24)17-29(16-23)46-13-5-6-14-46)32(49)22-47(21-27-8-4-3-7-26(27)19-45)55(52,53)38-36(43)34(41)33(40)35(42)37(38)44/h3-4,7-8,11-12,15-18,24H,2,5-6,9-10,13-14,20-22H2,1H3,(H,50,51). The predicted octanol–water partition coefficient (Wildman–Crippen LogP) is 7.25. The van der Waals surface area contributed by atoms with Crippen LogP contribution in [0.2, 0.25) is 0 Å². The summed E-state index contributed by atoms with van der Waals surface area (Å²) in [5.74, 6) is -15.0. The highest BCUT2D eigenvalue weighted by molar-refractivity contribution is 7.89. The molecule has 0 radical (unpaired) electrons. The van der Waals surface area contributed by atoms with Gasteiger partial charge in [-0.25, -0.2) is 35.2 Å². The molecule has 0 atom stereocenters. The quantitative estimate of drug-likeness (QED) is 0.0805. The Morgan fingerprint density at radius 2 is 1.56 bits per heavy atom. The Labute approximate surface area is 314 Å². The highest BCUT2D eigenvalue weighted by Gasteiger charge is 2.39. The maximum atomic E-state index is 15.2. The van der Waals surface area contributed by atoms with Crippen LogP contribution < -0.4 is 14.5 Å². The molecular formula is C39H35F5N4O6S. The number of anilines is 2. The smallest absolute Gasteiger partial charge is 0.335 e. The molecule has 1 amide bonds. The zero-order valence-corrected chi connectivity index (χ0v) is 30.3. The van der Waals surface area contributed by atoms with Gasteiger partial charge in [0.15, 0.2) is 28.2 Å². The molecule has 10 nitrogen and oxygen atoms in total. The van der Waals surface area contributed by atoms with Crippen LogP contribution in [0.5, 0.6) is 5.75 Å². The molecule has 1 saturated heterocycles. The summed E-state index contributed by atoms with van der Waals surface area (Å²) < 4.78 is 107. The molecule has 6 rings (SSSR count). The van der Waals surface area contributed by atoms with Crippen LogP contribution in [0.15, 0.2) is 65.6 Å². The van der Waals surface area contributed by atoms with E-state index < -0.39 is 69.0 Å². The second-order valence-electron chi connectivity index (χ2n) is 13.2. The number of sulfonamides is 1. The Bertz CT molecular complexity index is 2280. The number of nitrogens with zero attached hydrogens (tertiary/aromatic N) is 4. The second kappa shape index (κ2) is 16.1. The van der Waals surface area contributed by atoms with Gasteiger partial charge in [-0.05, 0) is 91.6 Å². The van der Waals surface area contributed by atoms with Gasteiger partial charge in [-0.3, -0.25) is 4.79 Å². The van der Waals surface area contributed by atoms with Crippen molar-refractivity contribution < 1.29 is 49.8 Å². The molecule has 1 saturated carbocycles. The van der Waals surface area contributed by atoms with Gasteiger partial charge < -0.3 is 19.6 Å². The zero-order chi connectivity index (χ0) is 39.6. The van der Waals surface area contributed by atoms with Crippen molar-refractivity contribution in [2.75, 3.05) is 36.0 Å². The fourth-order valence-electron chi connectivity index (χ4n) is 6.59. The van der Waals surface area contributed by atoms with Crippen LogP contribution in [0.4, 0.5) is 33.3 Å². The van der Waals surface area contributed by atoms with Crippen LogP contribution in [0.3, 0.4) is 0 Å².